The van der Waals surface area contributed by atoms with Crippen LogP contribution < -0.4 is 0 Å². The number of hydrogen-bond donors (Lipinski definition) is 5. The standard InChI is InChI=1S/C33H52O12/c1-16(2)18-8-10-30(4)12-20-19(9-11-32(20,38)15-40-7)17(3)24(36)26(23(18)30)42-28-25(37)27-33(22(41-28)14-39-6)44-29(43-27)31(5,45-33)21(35)13-34/h12,16-17,19,21-22,24-29,34-38H,8-11,13-15H2,1-7H3/t17-,19+,21+,22?,24-,25?,26?,27?,28?,29?,30-,31+,32+,33+/m1/s1. The van der Waals surface area contributed by atoms with Crippen LogP contribution in [0.15, 0.2) is 22.8 Å². The normalized spacial score (nSPS) is 49.9. The van der Waals surface area contributed by atoms with E-state index in [0.717, 1.165) is 24.0 Å². The minimum atomic E-state index is -1.62. The van der Waals surface area contributed by atoms with E-state index in [9.17, 15) is 25.5 Å². The molecular formula is C33H52O12. The summed E-state index contributed by atoms with van der Waals surface area (Å²) in [5, 5.41) is 55.9. The van der Waals surface area contributed by atoms with E-state index in [4.69, 9.17) is 33.2 Å². The average Bonchev–Trinajstić information content (AvgIpc) is 3.72. The lowest BCUT2D eigenvalue weighted by Gasteiger charge is -2.51. The summed E-state index contributed by atoms with van der Waals surface area (Å²) in [6.07, 6.45) is -3.74. The monoisotopic (exact) mass is 640 g/mol. The molecule has 3 heterocycles. The van der Waals surface area contributed by atoms with Gasteiger partial charge in [0.25, 0.3) is 0 Å². The Morgan fingerprint density at radius 2 is 1.80 bits per heavy atom. The SMILES string of the molecule is COCC1OC(OC2C3=C(C(C)C)CC[C@]3(C)C=C3[C@@H](CC[C@]3(O)COC)[C@@H](C)[C@H]2O)C(O)C2OC3O[C@]12O[C@@]3(C)[C@@H](O)CO. The molecule has 0 aromatic rings. The zero-order valence-corrected chi connectivity index (χ0v) is 27.5. The maximum absolute atomic E-state index is 12.2. The first-order chi connectivity index (χ1) is 21.2. The van der Waals surface area contributed by atoms with Crippen molar-refractivity contribution in [3.63, 3.8) is 0 Å². The van der Waals surface area contributed by atoms with Gasteiger partial charge in [0.05, 0.1) is 25.9 Å². The number of methoxy groups -OCH3 is 2. The summed E-state index contributed by atoms with van der Waals surface area (Å²) in [5.74, 6) is -1.81. The van der Waals surface area contributed by atoms with Crippen molar-refractivity contribution in [2.45, 2.75) is 126 Å². The van der Waals surface area contributed by atoms with Crippen molar-refractivity contribution in [2.24, 2.45) is 23.2 Å². The van der Waals surface area contributed by atoms with Crippen LogP contribution >= 0.6 is 0 Å². The second-order valence-electron chi connectivity index (χ2n) is 14.8. The molecule has 2 bridgehead atoms. The molecule has 14 atom stereocenters. The summed E-state index contributed by atoms with van der Waals surface area (Å²) >= 11 is 0. The highest BCUT2D eigenvalue weighted by Crippen LogP contribution is 2.58. The van der Waals surface area contributed by atoms with Gasteiger partial charge in [-0.25, -0.2) is 0 Å². The molecule has 0 radical (unpaired) electrons. The van der Waals surface area contributed by atoms with Gasteiger partial charge in [0.1, 0.15) is 41.7 Å². The minimum Gasteiger partial charge on any atom is -0.394 e. The molecule has 1 saturated carbocycles. The van der Waals surface area contributed by atoms with Crippen molar-refractivity contribution >= 4 is 0 Å². The molecule has 1 spiro atoms. The Morgan fingerprint density at radius 3 is 2.44 bits per heavy atom. The summed E-state index contributed by atoms with van der Waals surface area (Å²) in [7, 11) is 3.10. The number of aliphatic hydroxyl groups is 5. The Labute approximate surface area is 265 Å². The largest absolute Gasteiger partial charge is 0.394 e. The minimum absolute atomic E-state index is 0.00199. The fourth-order valence-corrected chi connectivity index (χ4v) is 8.99. The maximum atomic E-state index is 12.2. The van der Waals surface area contributed by atoms with Gasteiger partial charge in [0, 0.05) is 19.6 Å². The van der Waals surface area contributed by atoms with E-state index in [-0.39, 0.29) is 31.0 Å². The van der Waals surface area contributed by atoms with Crippen LogP contribution in [0.5, 0.6) is 0 Å². The van der Waals surface area contributed by atoms with Gasteiger partial charge >= 0.3 is 0 Å². The Bertz CT molecular complexity index is 1190. The first-order valence-corrected chi connectivity index (χ1v) is 16.4. The lowest BCUT2D eigenvalue weighted by Crippen LogP contribution is -2.70. The van der Waals surface area contributed by atoms with Crippen LogP contribution in [-0.2, 0) is 33.2 Å². The Morgan fingerprint density at radius 1 is 1.07 bits per heavy atom. The zero-order chi connectivity index (χ0) is 32.7. The first-order valence-electron chi connectivity index (χ1n) is 16.4. The first kappa shape index (κ1) is 33.9. The summed E-state index contributed by atoms with van der Waals surface area (Å²) in [6.45, 7) is 9.58. The van der Waals surface area contributed by atoms with E-state index in [1.54, 1.807) is 14.0 Å². The Hall–Kier alpha value is -1.00. The lowest BCUT2D eigenvalue weighted by atomic mass is 9.68. The fraction of sp³-hybridized carbons (Fsp3) is 0.879. The number of aliphatic hydroxyl groups excluding tert-OH is 4. The van der Waals surface area contributed by atoms with Crippen LogP contribution in [0.25, 0.3) is 0 Å². The molecule has 6 rings (SSSR count). The predicted molar refractivity (Wildman–Crippen MR) is 158 cm³/mol. The van der Waals surface area contributed by atoms with Gasteiger partial charge < -0.3 is 58.7 Å². The molecule has 3 saturated heterocycles. The van der Waals surface area contributed by atoms with Crippen LogP contribution in [0, 0.1) is 23.2 Å². The molecular weight excluding hydrogens is 588 g/mol. The molecule has 5 N–H and O–H groups in total. The molecule has 0 aromatic carbocycles. The van der Waals surface area contributed by atoms with Crippen molar-refractivity contribution < 1.29 is 58.7 Å². The van der Waals surface area contributed by atoms with Crippen LogP contribution in [0.1, 0.15) is 60.3 Å². The topological polar surface area (TPSA) is 166 Å². The van der Waals surface area contributed by atoms with Gasteiger partial charge in [-0.15, -0.1) is 0 Å². The molecule has 0 aromatic heterocycles. The summed E-state index contributed by atoms with van der Waals surface area (Å²) in [6, 6.07) is 0. The molecule has 256 valence electrons. The fourth-order valence-electron chi connectivity index (χ4n) is 8.99. The van der Waals surface area contributed by atoms with Crippen molar-refractivity contribution in [1.82, 2.24) is 0 Å². The zero-order valence-electron chi connectivity index (χ0n) is 27.5. The number of fused-ring (bicyclic) bond motifs is 3. The molecule has 45 heavy (non-hydrogen) atoms. The maximum Gasteiger partial charge on any atom is 0.230 e. The third-order valence-electron chi connectivity index (χ3n) is 11.6. The highest BCUT2D eigenvalue weighted by atomic mass is 16.9. The van der Waals surface area contributed by atoms with Gasteiger partial charge in [0.15, 0.2) is 12.6 Å². The molecule has 12 nitrogen and oxygen atoms in total. The second kappa shape index (κ2) is 11.9. The number of ether oxygens (including phenoxy) is 7. The van der Waals surface area contributed by atoms with E-state index < -0.39 is 78.2 Å². The van der Waals surface area contributed by atoms with Crippen molar-refractivity contribution in [2.75, 3.05) is 34.0 Å². The summed E-state index contributed by atoms with van der Waals surface area (Å²) in [5.41, 5.74) is 0.0380. The predicted octanol–water partition coefficient (Wildman–Crippen LogP) is 1.16. The van der Waals surface area contributed by atoms with Gasteiger partial charge in [-0.05, 0) is 61.5 Å². The molecule has 0 amide bonds. The molecule has 4 fully saturated rings. The van der Waals surface area contributed by atoms with E-state index in [1.165, 1.54) is 12.7 Å². The van der Waals surface area contributed by atoms with Crippen molar-refractivity contribution in [3.05, 3.63) is 22.8 Å². The smallest absolute Gasteiger partial charge is 0.230 e. The van der Waals surface area contributed by atoms with Gasteiger partial charge in [-0.3, -0.25) is 0 Å². The third-order valence-corrected chi connectivity index (χ3v) is 11.6. The van der Waals surface area contributed by atoms with Gasteiger partial charge in [-0.1, -0.05) is 39.3 Å². The Balaban J connectivity index is 1.37. The van der Waals surface area contributed by atoms with Gasteiger partial charge in [0.2, 0.25) is 5.79 Å². The second-order valence-corrected chi connectivity index (χ2v) is 14.8. The van der Waals surface area contributed by atoms with Crippen LogP contribution in [0.4, 0.5) is 0 Å². The van der Waals surface area contributed by atoms with Crippen LogP contribution in [0.2, 0.25) is 0 Å². The lowest BCUT2D eigenvalue weighted by molar-refractivity contribution is -0.390. The third kappa shape index (κ3) is 5.02. The molecule has 6 aliphatic rings. The van der Waals surface area contributed by atoms with Crippen LogP contribution in [0.3, 0.4) is 0 Å². The number of allylic oxidation sites excluding steroid dienone is 2. The van der Waals surface area contributed by atoms with Gasteiger partial charge in [-0.2, -0.15) is 0 Å². The van der Waals surface area contributed by atoms with E-state index >= 15 is 0 Å². The van der Waals surface area contributed by atoms with E-state index in [0.29, 0.717) is 12.8 Å². The quantitative estimate of drug-likeness (QED) is 0.229. The molecule has 12 heteroatoms. The summed E-state index contributed by atoms with van der Waals surface area (Å²) in [4.78, 5) is 0. The highest BCUT2D eigenvalue weighted by Gasteiger charge is 2.75. The van der Waals surface area contributed by atoms with Crippen LogP contribution in [-0.4, -0.2) is 126 Å². The average molecular weight is 641 g/mol. The van der Waals surface area contributed by atoms with E-state index in [1.807, 2.05) is 6.92 Å². The number of hydrogen-bond acceptors (Lipinski definition) is 12. The Kier molecular flexibility index (Phi) is 8.92. The van der Waals surface area contributed by atoms with Crippen molar-refractivity contribution in [3.8, 4) is 0 Å². The molecule has 6 unspecified atom stereocenters. The van der Waals surface area contributed by atoms with Crippen molar-refractivity contribution in [1.29, 1.82) is 0 Å². The molecule has 3 aliphatic carbocycles. The number of rotatable bonds is 9. The molecule has 3 aliphatic heterocycles. The summed E-state index contributed by atoms with van der Waals surface area (Å²) < 4.78 is 42.6. The highest BCUT2D eigenvalue weighted by molar-refractivity contribution is 5.42. The van der Waals surface area contributed by atoms with E-state index in [2.05, 4.69) is 26.8 Å².